The molecular formula is C17H21FN4O2. The number of anilines is 1. The molecule has 1 fully saturated rings. The molecule has 0 spiro atoms. The monoisotopic (exact) mass is 332 g/mol. The van der Waals surface area contributed by atoms with Gasteiger partial charge in [-0.25, -0.2) is 13.9 Å². The summed E-state index contributed by atoms with van der Waals surface area (Å²) in [5.74, 6) is -0.475. The van der Waals surface area contributed by atoms with E-state index in [2.05, 4.69) is 15.7 Å². The zero-order valence-corrected chi connectivity index (χ0v) is 13.8. The van der Waals surface area contributed by atoms with Crippen LogP contribution in [0.4, 0.5) is 14.9 Å². The highest BCUT2D eigenvalue weighted by Crippen LogP contribution is 2.30. The van der Waals surface area contributed by atoms with Crippen LogP contribution in [0.3, 0.4) is 0 Å². The summed E-state index contributed by atoms with van der Waals surface area (Å²) in [6.45, 7) is 3.90. The average molecular weight is 332 g/mol. The van der Waals surface area contributed by atoms with Crippen molar-refractivity contribution in [2.75, 3.05) is 11.9 Å². The summed E-state index contributed by atoms with van der Waals surface area (Å²) in [6.07, 6.45) is 2.36. The number of aliphatic hydroxyl groups is 1. The minimum Gasteiger partial charge on any atom is -0.388 e. The van der Waals surface area contributed by atoms with Crippen LogP contribution in [-0.2, 0) is 0 Å². The zero-order valence-electron chi connectivity index (χ0n) is 13.8. The molecule has 2 amide bonds. The number of benzene rings is 1. The van der Waals surface area contributed by atoms with E-state index >= 15 is 0 Å². The van der Waals surface area contributed by atoms with E-state index in [1.54, 1.807) is 12.1 Å². The van der Waals surface area contributed by atoms with E-state index in [4.69, 9.17) is 0 Å². The van der Waals surface area contributed by atoms with Gasteiger partial charge in [-0.1, -0.05) is 0 Å². The van der Waals surface area contributed by atoms with Crippen molar-refractivity contribution in [3.05, 3.63) is 41.5 Å². The molecule has 0 saturated heterocycles. The zero-order chi connectivity index (χ0) is 17.3. The second-order valence-corrected chi connectivity index (χ2v) is 6.39. The summed E-state index contributed by atoms with van der Waals surface area (Å²) in [5.41, 5.74) is 1.52. The summed E-state index contributed by atoms with van der Waals surface area (Å²) in [4.78, 5) is 11.8. The molecule has 2 aromatic rings. The fourth-order valence-electron chi connectivity index (χ4n) is 2.81. The maximum atomic E-state index is 14.3. The Kier molecular flexibility index (Phi) is 4.28. The number of carbonyl (C=O) groups excluding carboxylic acids is 1. The molecule has 7 heteroatoms. The number of nitrogens with one attached hydrogen (secondary N) is 2. The van der Waals surface area contributed by atoms with Crippen LogP contribution in [0, 0.1) is 19.7 Å². The molecule has 1 aliphatic carbocycles. The van der Waals surface area contributed by atoms with E-state index in [1.807, 2.05) is 19.9 Å². The molecule has 0 radical (unpaired) electrons. The fourth-order valence-corrected chi connectivity index (χ4v) is 2.81. The van der Waals surface area contributed by atoms with Crippen LogP contribution in [0.25, 0.3) is 5.69 Å². The molecule has 1 aromatic carbocycles. The van der Waals surface area contributed by atoms with Gasteiger partial charge in [-0.2, -0.15) is 5.10 Å². The molecule has 1 aliphatic rings. The van der Waals surface area contributed by atoms with Crippen molar-refractivity contribution in [1.29, 1.82) is 0 Å². The lowest BCUT2D eigenvalue weighted by Crippen LogP contribution is -2.48. The predicted octanol–water partition coefficient (Wildman–Crippen LogP) is 2.66. The van der Waals surface area contributed by atoms with E-state index in [0.717, 1.165) is 17.8 Å². The lowest BCUT2D eigenvalue weighted by atomic mass is 9.80. The third kappa shape index (κ3) is 3.41. The van der Waals surface area contributed by atoms with Crippen molar-refractivity contribution < 1.29 is 14.3 Å². The molecule has 24 heavy (non-hydrogen) atoms. The maximum Gasteiger partial charge on any atom is 0.319 e. The number of amides is 2. The van der Waals surface area contributed by atoms with Gasteiger partial charge >= 0.3 is 6.03 Å². The Morgan fingerprint density at radius 1 is 1.38 bits per heavy atom. The van der Waals surface area contributed by atoms with Gasteiger partial charge in [0.25, 0.3) is 0 Å². The van der Waals surface area contributed by atoms with Crippen LogP contribution in [0.1, 0.15) is 30.7 Å². The van der Waals surface area contributed by atoms with Crippen molar-refractivity contribution in [3.63, 3.8) is 0 Å². The largest absolute Gasteiger partial charge is 0.388 e. The maximum absolute atomic E-state index is 14.3. The van der Waals surface area contributed by atoms with Crippen molar-refractivity contribution in [3.8, 4) is 5.69 Å². The average Bonchev–Trinajstić information content (AvgIpc) is 2.82. The summed E-state index contributed by atoms with van der Waals surface area (Å²) < 4.78 is 15.9. The standard InChI is InChI=1S/C17H21FN4O2/c1-11-8-12(2)22(21-11)15-5-4-13(9-14(15)18)20-16(23)19-10-17(24)6-3-7-17/h4-5,8-9,24H,3,6-7,10H2,1-2H3,(H2,19,20,23). The number of hydrogen-bond acceptors (Lipinski definition) is 3. The molecule has 3 N–H and O–H groups in total. The second-order valence-electron chi connectivity index (χ2n) is 6.39. The van der Waals surface area contributed by atoms with Crippen LogP contribution >= 0.6 is 0 Å². The number of halogens is 1. The molecule has 0 aliphatic heterocycles. The van der Waals surface area contributed by atoms with Gasteiger partial charge in [0.1, 0.15) is 5.69 Å². The van der Waals surface area contributed by atoms with E-state index in [-0.39, 0.29) is 6.54 Å². The SMILES string of the molecule is Cc1cc(C)n(-c2ccc(NC(=O)NCC3(O)CCC3)cc2F)n1. The van der Waals surface area contributed by atoms with Gasteiger partial charge in [-0.05, 0) is 57.4 Å². The van der Waals surface area contributed by atoms with Crippen molar-refractivity contribution in [2.24, 2.45) is 0 Å². The Hall–Kier alpha value is -2.41. The van der Waals surface area contributed by atoms with Gasteiger partial charge in [-0.15, -0.1) is 0 Å². The van der Waals surface area contributed by atoms with Gasteiger partial charge in [-0.3, -0.25) is 0 Å². The molecule has 1 aromatic heterocycles. The van der Waals surface area contributed by atoms with Crippen molar-refractivity contribution in [1.82, 2.24) is 15.1 Å². The Bertz CT molecular complexity index is 768. The van der Waals surface area contributed by atoms with Crippen LogP contribution in [0.5, 0.6) is 0 Å². The molecule has 0 unspecified atom stereocenters. The smallest absolute Gasteiger partial charge is 0.319 e. The highest BCUT2D eigenvalue weighted by molar-refractivity contribution is 5.89. The van der Waals surface area contributed by atoms with Gasteiger partial charge < -0.3 is 15.7 Å². The van der Waals surface area contributed by atoms with Crippen LogP contribution in [0.15, 0.2) is 24.3 Å². The number of nitrogens with zero attached hydrogens (tertiary/aromatic N) is 2. The minimum atomic E-state index is -0.790. The highest BCUT2D eigenvalue weighted by Gasteiger charge is 2.34. The molecule has 0 atom stereocenters. The summed E-state index contributed by atoms with van der Waals surface area (Å²) in [7, 11) is 0. The first-order valence-corrected chi connectivity index (χ1v) is 7.97. The lowest BCUT2D eigenvalue weighted by Gasteiger charge is -2.36. The van der Waals surface area contributed by atoms with Crippen LogP contribution in [0.2, 0.25) is 0 Å². The molecule has 0 bridgehead atoms. The molecule has 6 nitrogen and oxygen atoms in total. The normalized spacial score (nSPS) is 15.7. The number of aryl methyl sites for hydroxylation is 2. The molecule has 3 rings (SSSR count). The van der Waals surface area contributed by atoms with E-state index in [0.29, 0.717) is 24.2 Å². The van der Waals surface area contributed by atoms with E-state index < -0.39 is 17.4 Å². The van der Waals surface area contributed by atoms with Crippen LogP contribution in [-0.4, -0.2) is 33.1 Å². The Labute approximate surface area is 139 Å². The van der Waals surface area contributed by atoms with Crippen LogP contribution < -0.4 is 10.6 Å². The Morgan fingerprint density at radius 2 is 2.12 bits per heavy atom. The number of hydrogen-bond donors (Lipinski definition) is 3. The first-order valence-electron chi connectivity index (χ1n) is 7.97. The number of carbonyl (C=O) groups is 1. The summed E-state index contributed by atoms with van der Waals surface area (Å²) >= 11 is 0. The Morgan fingerprint density at radius 3 is 2.67 bits per heavy atom. The number of rotatable bonds is 4. The quantitative estimate of drug-likeness (QED) is 0.805. The minimum absolute atomic E-state index is 0.200. The van der Waals surface area contributed by atoms with Crippen molar-refractivity contribution >= 4 is 11.7 Å². The second kappa shape index (κ2) is 6.24. The van der Waals surface area contributed by atoms with E-state index in [9.17, 15) is 14.3 Å². The number of urea groups is 1. The topological polar surface area (TPSA) is 79.2 Å². The molecule has 1 saturated carbocycles. The first-order chi connectivity index (χ1) is 11.4. The molecular weight excluding hydrogens is 311 g/mol. The third-order valence-corrected chi connectivity index (χ3v) is 4.31. The van der Waals surface area contributed by atoms with Crippen molar-refractivity contribution in [2.45, 2.75) is 38.7 Å². The fraction of sp³-hybridized carbons (Fsp3) is 0.412. The predicted molar refractivity (Wildman–Crippen MR) is 88.8 cm³/mol. The van der Waals surface area contributed by atoms with Gasteiger partial charge in [0, 0.05) is 17.9 Å². The van der Waals surface area contributed by atoms with E-state index in [1.165, 1.54) is 10.7 Å². The highest BCUT2D eigenvalue weighted by atomic mass is 19.1. The van der Waals surface area contributed by atoms with Gasteiger partial charge in [0.05, 0.1) is 11.3 Å². The first kappa shape index (κ1) is 16.4. The molecule has 1 heterocycles. The lowest BCUT2D eigenvalue weighted by molar-refractivity contribution is -0.0287. The summed E-state index contributed by atoms with van der Waals surface area (Å²) in [5, 5.41) is 19.4. The third-order valence-electron chi connectivity index (χ3n) is 4.31. The number of aromatic nitrogens is 2. The summed E-state index contributed by atoms with van der Waals surface area (Å²) in [6, 6.07) is 5.85. The molecule has 128 valence electrons. The van der Waals surface area contributed by atoms with Gasteiger partial charge in [0.2, 0.25) is 0 Å². The Balaban J connectivity index is 1.66. The van der Waals surface area contributed by atoms with Gasteiger partial charge in [0.15, 0.2) is 5.82 Å².